The quantitative estimate of drug-likeness (QED) is 0.703. The van der Waals surface area contributed by atoms with Gasteiger partial charge in [0.15, 0.2) is 0 Å². The van der Waals surface area contributed by atoms with Gasteiger partial charge in [-0.2, -0.15) is 0 Å². The van der Waals surface area contributed by atoms with E-state index in [9.17, 15) is 9.59 Å². The molecule has 0 bridgehead atoms. The molecule has 15 heavy (non-hydrogen) atoms. The second-order valence-electron chi connectivity index (χ2n) is 3.52. The molecule has 5 heteroatoms. The molecule has 0 spiro atoms. The first kappa shape index (κ1) is 13.7. The lowest BCUT2D eigenvalue weighted by atomic mass is 10.2. The number of urea groups is 1. The van der Waals surface area contributed by atoms with Crippen molar-refractivity contribution in [1.82, 2.24) is 10.2 Å². The Kier molecular flexibility index (Phi) is 6.49. The Morgan fingerprint density at radius 3 is 2.40 bits per heavy atom. The minimum absolute atomic E-state index is 0.322. The third-order valence-corrected chi connectivity index (χ3v) is 2.20. The van der Waals surface area contributed by atoms with Crippen molar-refractivity contribution in [3.05, 3.63) is 0 Å². The molecule has 0 saturated carbocycles. The SMILES string of the molecule is CCCCN(C)C(=O)N[C@H](CC)C(=O)O. The maximum atomic E-state index is 11.5. The Bertz CT molecular complexity index is 219. The van der Waals surface area contributed by atoms with Gasteiger partial charge in [0, 0.05) is 13.6 Å². The van der Waals surface area contributed by atoms with Gasteiger partial charge >= 0.3 is 12.0 Å². The van der Waals surface area contributed by atoms with Crippen LogP contribution in [0.4, 0.5) is 4.79 Å². The van der Waals surface area contributed by atoms with Crippen LogP contribution in [0.15, 0.2) is 0 Å². The van der Waals surface area contributed by atoms with Crippen LogP contribution in [-0.4, -0.2) is 41.6 Å². The molecule has 0 aliphatic heterocycles. The maximum Gasteiger partial charge on any atom is 0.326 e. The van der Waals surface area contributed by atoms with Crippen LogP contribution in [0.1, 0.15) is 33.1 Å². The van der Waals surface area contributed by atoms with Crippen LogP contribution >= 0.6 is 0 Å². The van der Waals surface area contributed by atoms with E-state index in [0.29, 0.717) is 13.0 Å². The Hall–Kier alpha value is -1.26. The second-order valence-corrected chi connectivity index (χ2v) is 3.52. The van der Waals surface area contributed by atoms with Gasteiger partial charge in [0.1, 0.15) is 6.04 Å². The van der Waals surface area contributed by atoms with Crippen molar-refractivity contribution in [1.29, 1.82) is 0 Å². The van der Waals surface area contributed by atoms with E-state index >= 15 is 0 Å². The van der Waals surface area contributed by atoms with Gasteiger partial charge in [0.2, 0.25) is 0 Å². The number of nitrogens with zero attached hydrogens (tertiary/aromatic N) is 1. The number of unbranched alkanes of at least 4 members (excludes halogenated alkanes) is 1. The number of carboxylic acids is 1. The summed E-state index contributed by atoms with van der Waals surface area (Å²) in [7, 11) is 1.67. The monoisotopic (exact) mass is 216 g/mol. The number of hydrogen-bond acceptors (Lipinski definition) is 2. The van der Waals surface area contributed by atoms with Crippen LogP contribution in [0, 0.1) is 0 Å². The molecule has 0 aromatic heterocycles. The van der Waals surface area contributed by atoms with Gasteiger partial charge in [0.05, 0.1) is 0 Å². The fraction of sp³-hybridized carbons (Fsp3) is 0.800. The molecule has 88 valence electrons. The van der Waals surface area contributed by atoms with E-state index in [2.05, 4.69) is 5.32 Å². The lowest BCUT2D eigenvalue weighted by Gasteiger charge is -2.20. The van der Waals surface area contributed by atoms with Crippen LogP contribution in [0.2, 0.25) is 0 Å². The zero-order valence-electron chi connectivity index (χ0n) is 9.62. The Labute approximate surface area is 90.5 Å². The van der Waals surface area contributed by atoms with Gasteiger partial charge in [-0.3, -0.25) is 0 Å². The first-order valence-corrected chi connectivity index (χ1v) is 5.27. The van der Waals surface area contributed by atoms with Crippen LogP contribution in [0.25, 0.3) is 0 Å². The molecule has 1 atom stereocenters. The minimum atomic E-state index is -0.991. The van der Waals surface area contributed by atoms with Crippen molar-refractivity contribution in [2.75, 3.05) is 13.6 Å². The third-order valence-electron chi connectivity index (χ3n) is 2.20. The zero-order chi connectivity index (χ0) is 11.8. The molecule has 2 N–H and O–H groups in total. The average Bonchev–Trinajstić information content (AvgIpc) is 2.21. The number of carbonyl (C=O) groups excluding carboxylic acids is 1. The van der Waals surface area contributed by atoms with Crippen molar-refractivity contribution >= 4 is 12.0 Å². The first-order valence-electron chi connectivity index (χ1n) is 5.27. The van der Waals surface area contributed by atoms with E-state index in [-0.39, 0.29) is 6.03 Å². The topological polar surface area (TPSA) is 69.6 Å². The molecular formula is C10H20N2O3. The number of amides is 2. The number of aliphatic carboxylic acids is 1. The average molecular weight is 216 g/mol. The third kappa shape index (κ3) is 5.24. The van der Waals surface area contributed by atoms with Crippen molar-refractivity contribution in [2.45, 2.75) is 39.2 Å². The molecule has 5 nitrogen and oxygen atoms in total. The van der Waals surface area contributed by atoms with E-state index < -0.39 is 12.0 Å². The highest BCUT2D eigenvalue weighted by molar-refractivity contribution is 5.82. The Morgan fingerprint density at radius 1 is 1.40 bits per heavy atom. The van der Waals surface area contributed by atoms with Crippen LogP contribution < -0.4 is 5.32 Å². The molecule has 0 heterocycles. The number of carbonyl (C=O) groups is 2. The van der Waals surface area contributed by atoms with Gasteiger partial charge in [-0.1, -0.05) is 20.3 Å². The molecule has 0 aliphatic carbocycles. The molecule has 0 aliphatic rings. The predicted octanol–water partition coefficient (Wildman–Crippen LogP) is 1.29. The molecule has 0 radical (unpaired) electrons. The largest absolute Gasteiger partial charge is 0.480 e. The number of hydrogen-bond donors (Lipinski definition) is 2. The fourth-order valence-electron chi connectivity index (χ4n) is 1.09. The molecule has 0 unspecified atom stereocenters. The molecule has 0 fully saturated rings. The van der Waals surface area contributed by atoms with Crippen molar-refractivity contribution < 1.29 is 14.7 Å². The van der Waals surface area contributed by atoms with Gasteiger partial charge in [0.25, 0.3) is 0 Å². The summed E-state index contributed by atoms with van der Waals surface area (Å²) < 4.78 is 0. The summed E-state index contributed by atoms with van der Waals surface area (Å²) in [6.07, 6.45) is 2.32. The maximum absolute atomic E-state index is 11.5. The van der Waals surface area contributed by atoms with Gasteiger partial charge in [-0.25, -0.2) is 9.59 Å². The molecule has 0 saturated heterocycles. The minimum Gasteiger partial charge on any atom is -0.480 e. The number of carboxylic acid groups (broad SMARTS) is 1. The van der Waals surface area contributed by atoms with E-state index in [4.69, 9.17) is 5.11 Å². The Morgan fingerprint density at radius 2 is 2.00 bits per heavy atom. The molecule has 2 amide bonds. The van der Waals surface area contributed by atoms with Crippen molar-refractivity contribution in [2.24, 2.45) is 0 Å². The van der Waals surface area contributed by atoms with E-state index in [1.807, 2.05) is 6.92 Å². The summed E-state index contributed by atoms with van der Waals surface area (Å²) in [5.74, 6) is -0.991. The molecule has 0 aromatic rings. The van der Waals surface area contributed by atoms with Crippen LogP contribution in [-0.2, 0) is 4.79 Å². The Balaban J connectivity index is 4.04. The highest BCUT2D eigenvalue weighted by Gasteiger charge is 2.19. The molecular weight excluding hydrogens is 196 g/mol. The normalized spacial score (nSPS) is 11.9. The summed E-state index contributed by atoms with van der Waals surface area (Å²) in [5, 5.41) is 11.2. The lowest BCUT2D eigenvalue weighted by Crippen LogP contribution is -2.46. The first-order chi connectivity index (χ1) is 7.02. The fourth-order valence-corrected chi connectivity index (χ4v) is 1.09. The van der Waals surface area contributed by atoms with Gasteiger partial charge in [-0.15, -0.1) is 0 Å². The van der Waals surface area contributed by atoms with E-state index in [1.165, 1.54) is 4.90 Å². The second kappa shape index (κ2) is 7.09. The molecule has 0 rings (SSSR count). The smallest absolute Gasteiger partial charge is 0.326 e. The predicted molar refractivity (Wildman–Crippen MR) is 57.8 cm³/mol. The highest BCUT2D eigenvalue weighted by atomic mass is 16.4. The summed E-state index contributed by atoms with van der Waals surface area (Å²) in [6.45, 7) is 4.42. The summed E-state index contributed by atoms with van der Waals surface area (Å²) in [5.41, 5.74) is 0. The number of nitrogens with one attached hydrogen (secondary N) is 1. The van der Waals surface area contributed by atoms with Gasteiger partial charge < -0.3 is 15.3 Å². The van der Waals surface area contributed by atoms with Crippen molar-refractivity contribution in [3.63, 3.8) is 0 Å². The summed E-state index contributed by atoms with van der Waals surface area (Å²) in [6, 6.07) is -1.11. The van der Waals surface area contributed by atoms with Gasteiger partial charge in [-0.05, 0) is 12.8 Å². The van der Waals surface area contributed by atoms with E-state index in [0.717, 1.165) is 12.8 Å². The van der Waals surface area contributed by atoms with E-state index in [1.54, 1.807) is 14.0 Å². The summed E-state index contributed by atoms with van der Waals surface area (Å²) >= 11 is 0. The lowest BCUT2D eigenvalue weighted by molar-refractivity contribution is -0.139. The standard InChI is InChI=1S/C10H20N2O3/c1-4-6-7-12(3)10(15)11-8(5-2)9(13)14/h8H,4-7H2,1-3H3,(H,11,15)(H,13,14)/t8-/m1/s1. The summed E-state index contributed by atoms with van der Waals surface area (Å²) in [4.78, 5) is 23.7. The zero-order valence-corrected chi connectivity index (χ0v) is 9.62. The van der Waals surface area contributed by atoms with Crippen molar-refractivity contribution in [3.8, 4) is 0 Å². The van der Waals surface area contributed by atoms with Crippen LogP contribution in [0.3, 0.4) is 0 Å². The highest BCUT2D eigenvalue weighted by Crippen LogP contribution is 1.96. The number of rotatable bonds is 6. The van der Waals surface area contributed by atoms with Crippen LogP contribution in [0.5, 0.6) is 0 Å². The molecule has 0 aromatic carbocycles.